The van der Waals surface area contributed by atoms with Gasteiger partial charge in [-0.1, -0.05) is 59.3 Å². The van der Waals surface area contributed by atoms with Crippen molar-refractivity contribution < 1.29 is 51.4 Å². The molecule has 0 aromatic rings. The summed E-state index contributed by atoms with van der Waals surface area (Å²) in [7, 11) is 0. The second-order valence-electron chi connectivity index (χ2n) is 5.29. The van der Waals surface area contributed by atoms with E-state index in [1.54, 1.807) is 0 Å². The third-order valence-electron chi connectivity index (χ3n) is 2.43. The van der Waals surface area contributed by atoms with Gasteiger partial charge in [-0.3, -0.25) is 0 Å². The second-order valence-corrected chi connectivity index (χ2v) is 5.29. The standard InChI is InChI=1S/C13H27.K/c1-5-6-7-8-9-10-11-12-13(2,3)4;/h1,5-12H2,2-4H3;/q-1;+1. The Labute approximate surface area is 134 Å². The Morgan fingerprint density at radius 1 is 0.786 bits per heavy atom. The third kappa shape index (κ3) is 16.1. The minimum atomic E-state index is 0. The van der Waals surface area contributed by atoms with Crippen molar-refractivity contribution in [2.45, 2.75) is 72.1 Å². The van der Waals surface area contributed by atoms with Crippen LogP contribution in [0.3, 0.4) is 0 Å². The maximum absolute atomic E-state index is 3.85. The van der Waals surface area contributed by atoms with E-state index in [1.165, 1.54) is 44.9 Å². The van der Waals surface area contributed by atoms with Crippen LogP contribution in [0.1, 0.15) is 72.1 Å². The molecule has 0 spiro atoms. The Hall–Kier alpha value is 1.64. The van der Waals surface area contributed by atoms with Crippen molar-refractivity contribution in [1.29, 1.82) is 0 Å². The third-order valence-corrected chi connectivity index (χ3v) is 2.43. The fourth-order valence-electron chi connectivity index (χ4n) is 1.54. The minimum absolute atomic E-state index is 0. The van der Waals surface area contributed by atoms with Crippen molar-refractivity contribution in [1.82, 2.24) is 0 Å². The average Bonchev–Trinajstić information content (AvgIpc) is 2.01. The molecule has 0 N–H and O–H groups in total. The molecule has 0 aliphatic rings. The number of hydrogen-bond donors (Lipinski definition) is 0. The van der Waals surface area contributed by atoms with E-state index >= 15 is 0 Å². The first kappa shape index (κ1) is 18.0. The van der Waals surface area contributed by atoms with Gasteiger partial charge in [0.1, 0.15) is 0 Å². The van der Waals surface area contributed by atoms with E-state index in [9.17, 15) is 0 Å². The molecular formula is C13H27K. The predicted octanol–water partition coefficient (Wildman–Crippen LogP) is 1.99. The van der Waals surface area contributed by atoms with Crippen molar-refractivity contribution in [2.75, 3.05) is 0 Å². The molecule has 0 unspecified atom stereocenters. The van der Waals surface area contributed by atoms with Crippen molar-refractivity contribution in [3.63, 3.8) is 0 Å². The van der Waals surface area contributed by atoms with Crippen molar-refractivity contribution in [2.24, 2.45) is 5.41 Å². The van der Waals surface area contributed by atoms with Crippen molar-refractivity contribution >= 4 is 0 Å². The summed E-state index contributed by atoms with van der Waals surface area (Å²) >= 11 is 0. The Balaban J connectivity index is 0. The van der Waals surface area contributed by atoms with Gasteiger partial charge in [0, 0.05) is 0 Å². The predicted molar refractivity (Wildman–Crippen MR) is 61.7 cm³/mol. The summed E-state index contributed by atoms with van der Waals surface area (Å²) in [5, 5.41) is 0. The van der Waals surface area contributed by atoms with Gasteiger partial charge >= 0.3 is 51.4 Å². The minimum Gasteiger partial charge on any atom is -0.343 e. The van der Waals surface area contributed by atoms with Gasteiger partial charge in [-0.15, -0.1) is 0 Å². The second kappa shape index (κ2) is 11.1. The van der Waals surface area contributed by atoms with E-state index in [4.69, 9.17) is 0 Å². The van der Waals surface area contributed by atoms with Crippen molar-refractivity contribution in [3.8, 4) is 0 Å². The van der Waals surface area contributed by atoms with Gasteiger partial charge in [0.25, 0.3) is 0 Å². The van der Waals surface area contributed by atoms with E-state index < -0.39 is 0 Å². The molecule has 80 valence electrons. The number of rotatable bonds is 7. The van der Waals surface area contributed by atoms with Crippen LogP contribution < -0.4 is 51.4 Å². The van der Waals surface area contributed by atoms with E-state index in [1.807, 2.05) is 0 Å². The molecule has 0 radical (unpaired) electrons. The fraction of sp³-hybridized carbons (Fsp3) is 0.923. The van der Waals surface area contributed by atoms with Gasteiger partial charge in [0.2, 0.25) is 0 Å². The molecule has 0 aliphatic carbocycles. The summed E-state index contributed by atoms with van der Waals surface area (Å²) in [5.41, 5.74) is 0.535. The largest absolute Gasteiger partial charge is 1.00 e. The molecule has 0 aromatic heterocycles. The summed E-state index contributed by atoms with van der Waals surface area (Å²) in [6.45, 7) is 10.8. The first-order valence-electron chi connectivity index (χ1n) is 5.85. The molecule has 0 amide bonds. The number of unbranched alkanes of at least 4 members (excludes halogenated alkanes) is 6. The zero-order valence-corrected chi connectivity index (χ0v) is 14.0. The molecule has 0 atom stereocenters. The number of hydrogen-bond acceptors (Lipinski definition) is 0. The summed E-state index contributed by atoms with van der Waals surface area (Å²) in [6, 6.07) is 0. The Morgan fingerprint density at radius 2 is 1.21 bits per heavy atom. The van der Waals surface area contributed by atoms with Crippen LogP contribution in [-0.2, 0) is 0 Å². The molecule has 0 bridgehead atoms. The Morgan fingerprint density at radius 3 is 1.64 bits per heavy atom. The normalized spacial score (nSPS) is 11.1. The topological polar surface area (TPSA) is 0 Å². The van der Waals surface area contributed by atoms with Crippen LogP contribution in [0.4, 0.5) is 0 Å². The van der Waals surface area contributed by atoms with Crippen LogP contribution in [0.25, 0.3) is 0 Å². The SMILES string of the molecule is [CH2-]CCCCCCCCC(C)(C)C.[K+]. The molecule has 0 heterocycles. The van der Waals surface area contributed by atoms with Gasteiger partial charge in [0.05, 0.1) is 0 Å². The quantitative estimate of drug-likeness (QED) is 0.351. The van der Waals surface area contributed by atoms with Crippen molar-refractivity contribution in [3.05, 3.63) is 6.92 Å². The fourth-order valence-corrected chi connectivity index (χ4v) is 1.54. The van der Waals surface area contributed by atoms with Gasteiger partial charge < -0.3 is 6.92 Å². The summed E-state index contributed by atoms with van der Waals surface area (Å²) in [4.78, 5) is 0. The molecule has 1 heteroatoms. The molecule has 0 rings (SSSR count). The zero-order valence-electron chi connectivity index (χ0n) is 10.9. The van der Waals surface area contributed by atoms with Gasteiger partial charge in [-0.2, -0.15) is 6.42 Å². The molecule has 0 aliphatic heterocycles. The van der Waals surface area contributed by atoms with Crippen LogP contribution in [0, 0.1) is 12.3 Å². The molecule has 14 heavy (non-hydrogen) atoms. The van der Waals surface area contributed by atoms with Gasteiger partial charge in [-0.05, 0) is 11.8 Å². The Bertz CT molecular complexity index is 102. The van der Waals surface area contributed by atoms with E-state index in [0.29, 0.717) is 5.41 Å². The summed E-state index contributed by atoms with van der Waals surface area (Å²) < 4.78 is 0. The van der Waals surface area contributed by atoms with Crippen LogP contribution in [-0.4, -0.2) is 0 Å². The smallest absolute Gasteiger partial charge is 0.343 e. The van der Waals surface area contributed by atoms with E-state index in [0.717, 1.165) is 6.42 Å². The van der Waals surface area contributed by atoms with Crippen LogP contribution in [0.15, 0.2) is 0 Å². The van der Waals surface area contributed by atoms with Crippen LogP contribution in [0.5, 0.6) is 0 Å². The molecule has 0 saturated heterocycles. The summed E-state index contributed by atoms with van der Waals surface area (Å²) in [5.74, 6) is 0. The first-order valence-corrected chi connectivity index (χ1v) is 5.85. The molecular weight excluding hydrogens is 195 g/mol. The molecule has 0 saturated carbocycles. The van der Waals surface area contributed by atoms with Gasteiger partial charge in [-0.25, -0.2) is 0 Å². The Kier molecular flexibility index (Phi) is 14.3. The van der Waals surface area contributed by atoms with Gasteiger partial charge in [0.15, 0.2) is 0 Å². The maximum Gasteiger partial charge on any atom is 1.00 e. The molecule has 0 nitrogen and oxygen atoms in total. The monoisotopic (exact) mass is 222 g/mol. The maximum atomic E-state index is 3.85. The van der Waals surface area contributed by atoms with E-state index in [2.05, 4.69) is 27.7 Å². The van der Waals surface area contributed by atoms with Crippen LogP contribution >= 0.6 is 0 Å². The summed E-state index contributed by atoms with van der Waals surface area (Å²) in [6.07, 6.45) is 10.9. The zero-order chi connectivity index (χ0) is 10.2. The average molecular weight is 222 g/mol. The first-order chi connectivity index (χ1) is 6.06. The molecule has 0 aromatic carbocycles. The van der Waals surface area contributed by atoms with Crippen LogP contribution in [0.2, 0.25) is 0 Å². The van der Waals surface area contributed by atoms with E-state index in [-0.39, 0.29) is 51.4 Å². The molecule has 0 fully saturated rings.